The molecule has 0 aliphatic rings. The first-order chi connectivity index (χ1) is 6.63. The lowest BCUT2D eigenvalue weighted by molar-refractivity contribution is 0.593. The van der Waals surface area contributed by atoms with Crippen LogP contribution in [0.3, 0.4) is 0 Å². The molecule has 0 amide bonds. The Labute approximate surface area is 100 Å². The van der Waals surface area contributed by atoms with Gasteiger partial charge in [0.1, 0.15) is 0 Å². The van der Waals surface area contributed by atoms with Crippen LogP contribution in [0.25, 0.3) is 0 Å². The maximum absolute atomic E-state index is 5.91. The van der Waals surface area contributed by atoms with Crippen LogP contribution in [0.2, 0.25) is 10.0 Å². The molecule has 14 heavy (non-hydrogen) atoms. The first-order valence-corrected chi connectivity index (χ1v) is 5.92. The minimum absolute atomic E-state index is 0.547. The first-order valence-electron chi connectivity index (χ1n) is 4.63. The molecule has 0 aliphatic carbocycles. The normalized spacial score (nSPS) is 12.9. The van der Waals surface area contributed by atoms with Crippen molar-refractivity contribution < 1.29 is 0 Å². The van der Waals surface area contributed by atoms with Crippen molar-refractivity contribution >= 4 is 34.8 Å². The van der Waals surface area contributed by atoms with E-state index in [1.165, 1.54) is 5.56 Å². The minimum atomic E-state index is 0.547. The molecule has 0 saturated carbocycles. The van der Waals surface area contributed by atoms with Crippen molar-refractivity contribution in [1.29, 1.82) is 0 Å². The van der Waals surface area contributed by atoms with Gasteiger partial charge in [-0.15, -0.1) is 11.6 Å². The molecular formula is C11H13Cl3. The van der Waals surface area contributed by atoms with Gasteiger partial charge in [-0.25, -0.2) is 0 Å². The van der Waals surface area contributed by atoms with Gasteiger partial charge in [0.15, 0.2) is 0 Å². The van der Waals surface area contributed by atoms with Crippen molar-refractivity contribution in [3.05, 3.63) is 33.8 Å². The van der Waals surface area contributed by atoms with E-state index in [9.17, 15) is 0 Å². The molecule has 1 aromatic carbocycles. The average Bonchev–Trinajstić information content (AvgIpc) is 2.19. The molecule has 1 atom stereocenters. The van der Waals surface area contributed by atoms with Crippen LogP contribution in [0, 0.1) is 5.92 Å². The highest BCUT2D eigenvalue weighted by Crippen LogP contribution is 2.23. The number of halogens is 3. The monoisotopic (exact) mass is 250 g/mol. The van der Waals surface area contributed by atoms with Gasteiger partial charge in [-0.2, -0.15) is 0 Å². The highest BCUT2D eigenvalue weighted by molar-refractivity contribution is 6.42. The molecule has 0 fully saturated rings. The largest absolute Gasteiger partial charge is 0.126 e. The van der Waals surface area contributed by atoms with E-state index in [-0.39, 0.29) is 0 Å². The number of hydrogen-bond donors (Lipinski definition) is 0. The molecule has 0 saturated heterocycles. The van der Waals surface area contributed by atoms with Gasteiger partial charge in [0, 0.05) is 5.88 Å². The molecule has 0 aliphatic heterocycles. The molecule has 0 spiro atoms. The molecule has 0 heterocycles. The number of aryl methyl sites for hydroxylation is 1. The predicted molar refractivity (Wildman–Crippen MR) is 64.7 cm³/mol. The molecule has 0 radical (unpaired) electrons. The van der Waals surface area contributed by atoms with E-state index in [1.807, 2.05) is 18.2 Å². The fourth-order valence-corrected chi connectivity index (χ4v) is 1.66. The predicted octanol–water partition coefficient (Wildman–Crippen LogP) is 4.80. The summed E-state index contributed by atoms with van der Waals surface area (Å²) in [5.74, 6) is 1.26. The second kappa shape index (κ2) is 5.85. The SMILES string of the molecule is CC(CCl)CCc1ccc(Cl)c(Cl)c1. The molecule has 0 bridgehead atoms. The Morgan fingerprint density at radius 2 is 1.93 bits per heavy atom. The quantitative estimate of drug-likeness (QED) is 0.674. The van der Waals surface area contributed by atoms with Crippen molar-refractivity contribution in [2.45, 2.75) is 19.8 Å². The third kappa shape index (κ3) is 3.68. The van der Waals surface area contributed by atoms with Crippen molar-refractivity contribution in [3.8, 4) is 0 Å². The Hall–Kier alpha value is 0.0900. The van der Waals surface area contributed by atoms with Crippen LogP contribution in [0.5, 0.6) is 0 Å². The Balaban J connectivity index is 2.55. The molecule has 78 valence electrons. The Morgan fingerprint density at radius 3 is 2.50 bits per heavy atom. The van der Waals surface area contributed by atoms with E-state index in [4.69, 9.17) is 34.8 Å². The fourth-order valence-electron chi connectivity index (χ4n) is 1.19. The lowest BCUT2D eigenvalue weighted by Gasteiger charge is -2.07. The minimum Gasteiger partial charge on any atom is -0.126 e. The van der Waals surface area contributed by atoms with Crippen molar-refractivity contribution in [2.75, 3.05) is 5.88 Å². The highest BCUT2D eigenvalue weighted by Gasteiger charge is 2.03. The topological polar surface area (TPSA) is 0 Å². The third-order valence-electron chi connectivity index (χ3n) is 2.17. The molecule has 0 N–H and O–H groups in total. The van der Waals surface area contributed by atoms with Crippen LogP contribution in [0.4, 0.5) is 0 Å². The van der Waals surface area contributed by atoms with Gasteiger partial charge in [-0.05, 0) is 36.5 Å². The van der Waals surface area contributed by atoms with Gasteiger partial charge >= 0.3 is 0 Å². The summed E-state index contributed by atoms with van der Waals surface area (Å²) in [4.78, 5) is 0. The second-order valence-electron chi connectivity index (χ2n) is 3.55. The highest BCUT2D eigenvalue weighted by atomic mass is 35.5. The van der Waals surface area contributed by atoms with Crippen molar-refractivity contribution in [1.82, 2.24) is 0 Å². The Bertz CT molecular complexity index is 297. The van der Waals surface area contributed by atoms with Gasteiger partial charge in [0.25, 0.3) is 0 Å². The number of benzene rings is 1. The summed E-state index contributed by atoms with van der Waals surface area (Å²) in [6, 6.07) is 5.77. The molecule has 1 rings (SSSR count). The van der Waals surface area contributed by atoms with Crippen LogP contribution in [-0.4, -0.2) is 5.88 Å². The van der Waals surface area contributed by atoms with Crippen LogP contribution in [0.15, 0.2) is 18.2 Å². The molecule has 1 unspecified atom stereocenters. The number of alkyl halides is 1. The van der Waals surface area contributed by atoms with E-state index >= 15 is 0 Å². The van der Waals surface area contributed by atoms with Gasteiger partial charge in [-0.1, -0.05) is 36.2 Å². The summed E-state index contributed by atoms with van der Waals surface area (Å²) < 4.78 is 0. The van der Waals surface area contributed by atoms with Gasteiger partial charge < -0.3 is 0 Å². The maximum atomic E-state index is 5.91. The van der Waals surface area contributed by atoms with Crippen LogP contribution in [0.1, 0.15) is 18.9 Å². The first kappa shape index (κ1) is 12.2. The van der Waals surface area contributed by atoms with Gasteiger partial charge in [0.2, 0.25) is 0 Å². The van der Waals surface area contributed by atoms with Gasteiger partial charge in [-0.3, -0.25) is 0 Å². The summed E-state index contributed by atoms with van der Waals surface area (Å²) >= 11 is 17.5. The van der Waals surface area contributed by atoms with Crippen LogP contribution < -0.4 is 0 Å². The standard InChI is InChI=1S/C11H13Cl3/c1-8(7-12)2-3-9-4-5-10(13)11(14)6-9/h4-6,8H,2-3,7H2,1H3. The zero-order chi connectivity index (χ0) is 10.6. The summed E-state index contributed by atoms with van der Waals surface area (Å²) in [7, 11) is 0. The number of hydrogen-bond acceptors (Lipinski definition) is 0. The Kier molecular flexibility index (Phi) is 5.08. The molecule has 1 aromatic rings. The van der Waals surface area contributed by atoms with Crippen LogP contribution >= 0.6 is 34.8 Å². The fraction of sp³-hybridized carbons (Fsp3) is 0.455. The van der Waals surface area contributed by atoms with E-state index in [1.54, 1.807) is 0 Å². The molecule has 3 heteroatoms. The maximum Gasteiger partial charge on any atom is 0.0595 e. The summed E-state index contributed by atoms with van der Waals surface area (Å²) in [6.07, 6.45) is 2.09. The smallest absolute Gasteiger partial charge is 0.0595 e. The molecule has 0 nitrogen and oxygen atoms in total. The summed E-state index contributed by atoms with van der Waals surface area (Å²) in [6.45, 7) is 2.14. The third-order valence-corrected chi connectivity index (χ3v) is 3.44. The van der Waals surface area contributed by atoms with E-state index in [0.717, 1.165) is 12.8 Å². The zero-order valence-corrected chi connectivity index (χ0v) is 10.3. The van der Waals surface area contributed by atoms with Crippen LogP contribution in [-0.2, 0) is 6.42 Å². The lowest BCUT2D eigenvalue weighted by atomic mass is 10.0. The summed E-state index contributed by atoms with van der Waals surface area (Å²) in [5, 5.41) is 1.24. The molecule has 0 aromatic heterocycles. The number of rotatable bonds is 4. The van der Waals surface area contributed by atoms with Gasteiger partial charge in [0.05, 0.1) is 10.0 Å². The van der Waals surface area contributed by atoms with E-state index in [2.05, 4.69) is 6.92 Å². The second-order valence-corrected chi connectivity index (χ2v) is 4.67. The zero-order valence-electron chi connectivity index (χ0n) is 8.06. The van der Waals surface area contributed by atoms with Crippen molar-refractivity contribution in [3.63, 3.8) is 0 Å². The molecular weight excluding hydrogens is 238 g/mol. The van der Waals surface area contributed by atoms with E-state index in [0.29, 0.717) is 21.8 Å². The average molecular weight is 252 g/mol. The lowest BCUT2D eigenvalue weighted by Crippen LogP contribution is -1.98. The van der Waals surface area contributed by atoms with Crippen molar-refractivity contribution in [2.24, 2.45) is 5.92 Å². The Morgan fingerprint density at radius 1 is 1.21 bits per heavy atom. The van der Waals surface area contributed by atoms with E-state index < -0.39 is 0 Å². The summed E-state index contributed by atoms with van der Waals surface area (Å²) in [5.41, 5.74) is 1.22.